The lowest BCUT2D eigenvalue weighted by atomic mass is 9.80. The van der Waals surface area contributed by atoms with Gasteiger partial charge in [-0.05, 0) is 40.3 Å². The summed E-state index contributed by atoms with van der Waals surface area (Å²) < 4.78 is 5.30. The van der Waals surface area contributed by atoms with Gasteiger partial charge in [-0.2, -0.15) is 0 Å². The second-order valence-corrected chi connectivity index (χ2v) is 4.67. The van der Waals surface area contributed by atoms with Crippen molar-refractivity contribution in [3.8, 4) is 0 Å². The van der Waals surface area contributed by atoms with Crippen molar-refractivity contribution in [2.24, 2.45) is 5.41 Å². The first-order valence-corrected chi connectivity index (χ1v) is 5.38. The van der Waals surface area contributed by atoms with E-state index in [1.54, 1.807) is 0 Å². The molecule has 0 aromatic rings. The highest BCUT2D eigenvalue weighted by Crippen LogP contribution is 2.34. The molecule has 78 valence electrons. The van der Waals surface area contributed by atoms with E-state index in [0.29, 0.717) is 11.5 Å². The van der Waals surface area contributed by atoms with Crippen LogP contribution in [0.5, 0.6) is 0 Å². The van der Waals surface area contributed by atoms with Crippen LogP contribution in [0.4, 0.5) is 0 Å². The van der Waals surface area contributed by atoms with Gasteiger partial charge in [0.05, 0.1) is 13.2 Å². The van der Waals surface area contributed by atoms with Gasteiger partial charge in [-0.15, -0.1) is 0 Å². The maximum absolute atomic E-state index is 5.30. The second kappa shape index (κ2) is 4.43. The van der Waals surface area contributed by atoms with Gasteiger partial charge in [-0.25, -0.2) is 0 Å². The quantitative estimate of drug-likeness (QED) is 0.650. The average molecular weight is 185 g/mol. The van der Waals surface area contributed by atoms with Crippen LogP contribution >= 0.6 is 0 Å². The van der Waals surface area contributed by atoms with E-state index in [0.717, 1.165) is 13.2 Å². The van der Waals surface area contributed by atoms with Crippen LogP contribution in [-0.2, 0) is 4.74 Å². The van der Waals surface area contributed by atoms with E-state index in [1.165, 1.54) is 19.4 Å². The first-order valence-electron chi connectivity index (χ1n) is 5.38. The predicted octanol–water partition coefficient (Wildman–Crippen LogP) is 2.14. The van der Waals surface area contributed by atoms with E-state index in [1.807, 2.05) is 0 Å². The molecule has 0 unspecified atom stereocenters. The highest BCUT2D eigenvalue weighted by molar-refractivity contribution is 4.85. The summed E-state index contributed by atoms with van der Waals surface area (Å²) in [5.74, 6) is 0. The van der Waals surface area contributed by atoms with Crippen molar-refractivity contribution >= 4 is 0 Å². The molecule has 0 saturated carbocycles. The molecular formula is C11H23NO. The molecule has 1 aliphatic heterocycles. The SMILES string of the molecule is CCC1(CCN(C)C(C)C)COC1. The molecule has 1 saturated heterocycles. The summed E-state index contributed by atoms with van der Waals surface area (Å²) in [4.78, 5) is 2.41. The van der Waals surface area contributed by atoms with E-state index < -0.39 is 0 Å². The Morgan fingerprint density at radius 1 is 1.38 bits per heavy atom. The van der Waals surface area contributed by atoms with Crippen molar-refractivity contribution < 1.29 is 4.74 Å². The van der Waals surface area contributed by atoms with E-state index in [2.05, 4.69) is 32.7 Å². The van der Waals surface area contributed by atoms with Crippen molar-refractivity contribution in [1.82, 2.24) is 4.90 Å². The van der Waals surface area contributed by atoms with E-state index >= 15 is 0 Å². The zero-order valence-corrected chi connectivity index (χ0v) is 9.47. The van der Waals surface area contributed by atoms with Crippen LogP contribution in [0.1, 0.15) is 33.6 Å². The van der Waals surface area contributed by atoms with E-state index in [4.69, 9.17) is 4.74 Å². The molecule has 0 spiro atoms. The molecule has 1 rings (SSSR count). The predicted molar refractivity (Wildman–Crippen MR) is 55.9 cm³/mol. The molecule has 0 aromatic carbocycles. The molecule has 1 fully saturated rings. The van der Waals surface area contributed by atoms with Crippen molar-refractivity contribution in [2.45, 2.75) is 39.7 Å². The Bertz CT molecular complexity index is 147. The Balaban J connectivity index is 2.24. The fourth-order valence-electron chi connectivity index (χ4n) is 1.59. The zero-order chi connectivity index (χ0) is 9.90. The lowest BCUT2D eigenvalue weighted by Gasteiger charge is -2.42. The second-order valence-electron chi connectivity index (χ2n) is 4.67. The summed E-state index contributed by atoms with van der Waals surface area (Å²) in [5.41, 5.74) is 0.517. The molecule has 0 bridgehead atoms. The van der Waals surface area contributed by atoms with Crippen LogP contribution in [0.3, 0.4) is 0 Å². The summed E-state index contributed by atoms with van der Waals surface area (Å²) in [7, 11) is 2.20. The van der Waals surface area contributed by atoms with Crippen LogP contribution in [-0.4, -0.2) is 37.7 Å². The molecule has 0 N–H and O–H groups in total. The summed E-state index contributed by atoms with van der Waals surface area (Å²) in [6.07, 6.45) is 2.55. The maximum atomic E-state index is 5.30. The van der Waals surface area contributed by atoms with E-state index in [-0.39, 0.29) is 0 Å². The monoisotopic (exact) mass is 185 g/mol. The van der Waals surface area contributed by atoms with Crippen molar-refractivity contribution in [3.63, 3.8) is 0 Å². The highest BCUT2D eigenvalue weighted by atomic mass is 16.5. The van der Waals surface area contributed by atoms with Gasteiger partial charge in [0, 0.05) is 11.5 Å². The smallest absolute Gasteiger partial charge is 0.0545 e. The van der Waals surface area contributed by atoms with Crippen molar-refractivity contribution in [3.05, 3.63) is 0 Å². The highest BCUT2D eigenvalue weighted by Gasteiger charge is 2.36. The Kier molecular flexibility index (Phi) is 3.74. The minimum absolute atomic E-state index is 0.517. The van der Waals surface area contributed by atoms with Crippen LogP contribution < -0.4 is 0 Å². The summed E-state index contributed by atoms with van der Waals surface area (Å²) in [6.45, 7) is 9.93. The zero-order valence-electron chi connectivity index (χ0n) is 9.47. The lowest BCUT2D eigenvalue weighted by Crippen LogP contribution is -2.44. The topological polar surface area (TPSA) is 12.5 Å². The molecule has 1 heterocycles. The van der Waals surface area contributed by atoms with Gasteiger partial charge in [0.2, 0.25) is 0 Å². The normalized spacial score (nSPS) is 20.8. The average Bonchev–Trinajstić information content (AvgIpc) is 2.02. The van der Waals surface area contributed by atoms with E-state index in [9.17, 15) is 0 Å². The first-order chi connectivity index (χ1) is 6.09. The maximum Gasteiger partial charge on any atom is 0.0545 e. The summed E-state index contributed by atoms with van der Waals surface area (Å²) in [6, 6.07) is 0.662. The minimum Gasteiger partial charge on any atom is -0.380 e. The lowest BCUT2D eigenvalue weighted by molar-refractivity contribution is -0.122. The molecule has 0 amide bonds. The third-order valence-electron chi connectivity index (χ3n) is 3.44. The number of ether oxygens (including phenoxy) is 1. The largest absolute Gasteiger partial charge is 0.380 e. The summed E-state index contributed by atoms with van der Waals surface area (Å²) >= 11 is 0. The Labute approximate surface area is 82.3 Å². The Morgan fingerprint density at radius 2 is 2.00 bits per heavy atom. The fraction of sp³-hybridized carbons (Fsp3) is 1.00. The fourth-order valence-corrected chi connectivity index (χ4v) is 1.59. The first kappa shape index (κ1) is 11.0. The molecule has 2 heteroatoms. The molecule has 0 atom stereocenters. The van der Waals surface area contributed by atoms with Crippen molar-refractivity contribution in [2.75, 3.05) is 26.8 Å². The third kappa shape index (κ3) is 2.68. The molecule has 0 radical (unpaired) electrons. The number of hydrogen-bond acceptors (Lipinski definition) is 2. The van der Waals surface area contributed by atoms with Crippen LogP contribution in [0.25, 0.3) is 0 Å². The number of nitrogens with zero attached hydrogens (tertiary/aromatic N) is 1. The van der Waals surface area contributed by atoms with Crippen LogP contribution in [0.2, 0.25) is 0 Å². The van der Waals surface area contributed by atoms with Gasteiger partial charge in [0.25, 0.3) is 0 Å². The summed E-state index contributed by atoms with van der Waals surface area (Å²) in [5, 5.41) is 0. The van der Waals surface area contributed by atoms with Gasteiger partial charge >= 0.3 is 0 Å². The molecule has 1 aliphatic rings. The standard InChI is InChI=1S/C11H23NO/c1-5-11(8-13-9-11)6-7-12(4)10(2)3/h10H,5-9H2,1-4H3. The van der Waals surface area contributed by atoms with Gasteiger partial charge in [0.15, 0.2) is 0 Å². The van der Waals surface area contributed by atoms with Crippen molar-refractivity contribution in [1.29, 1.82) is 0 Å². The Hall–Kier alpha value is -0.0800. The van der Waals surface area contributed by atoms with Gasteiger partial charge in [-0.3, -0.25) is 0 Å². The molecule has 0 aliphatic carbocycles. The molecule has 0 aromatic heterocycles. The van der Waals surface area contributed by atoms with Gasteiger partial charge in [0.1, 0.15) is 0 Å². The number of hydrogen-bond donors (Lipinski definition) is 0. The molecular weight excluding hydrogens is 162 g/mol. The molecule has 2 nitrogen and oxygen atoms in total. The minimum atomic E-state index is 0.517. The third-order valence-corrected chi connectivity index (χ3v) is 3.44. The Morgan fingerprint density at radius 3 is 2.31 bits per heavy atom. The van der Waals surface area contributed by atoms with Crippen LogP contribution in [0, 0.1) is 5.41 Å². The number of rotatable bonds is 5. The molecule has 13 heavy (non-hydrogen) atoms. The van der Waals surface area contributed by atoms with Gasteiger partial charge in [-0.1, -0.05) is 6.92 Å². The van der Waals surface area contributed by atoms with Gasteiger partial charge < -0.3 is 9.64 Å². The van der Waals surface area contributed by atoms with Crippen LogP contribution in [0.15, 0.2) is 0 Å².